The normalized spacial score (nSPS) is 58.3. The Labute approximate surface area is 192 Å². The van der Waals surface area contributed by atoms with E-state index in [1.54, 1.807) is 0 Å². The van der Waals surface area contributed by atoms with Crippen LogP contribution in [-0.4, -0.2) is 11.2 Å². The first-order valence-electron chi connectivity index (χ1n) is 13.7. The van der Waals surface area contributed by atoms with Crippen LogP contribution in [0.1, 0.15) is 113 Å². The largest absolute Gasteiger partial charge is 0.393 e. The third kappa shape index (κ3) is 2.65. The molecule has 1 N–H and O–H groups in total. The number of fused-ring (bicyclic) bond motifs is 7. The molecule has 176 valence electrons. The number of rotatable bonds is 0. The highest BCUT2D eigenvalue weighted by Crippen LogP contribution is 2.75. The summed E-state index contributed by atoms with van der Waals surface area (Å²) in [6.07, 6.45) is 14.5. The van der Waals surface area contributed by atoms with Gasteiger partial charge in [-0.1, -0.05) is 67.0 Å². The van der Waals surface area contributed by atoms with Crippen molar-refractivity contribution in [3.8, 4) is 0 Å². The van der Waals surface area contributed by atoms with Crippen LogP contribution in [0.5, 0.6) is 0 Å². The molecule has 0 radical (unpaired) electrons. The van der Waals surface area contributed by atoms with E-state index < -0.39 is 0 Å². The van der Waals surface area contributed by atoms with Gasteiger partial charge in [0.25, 0.3) is 0 Å². The molecule has 0 aliphatic heterocycles. The van der Waals surface area contributed by atoms with Gasteiger partial charge in [0.05, 0.1) is 6.10 Å². The predicted octanol–water partition coefficient (Wildman–Crippen LogP) is 8.02. The van der Waals surface area contributed by atoms with E-state index in [0.29, 0.717) is 27.6 Å². The molecule has 0 unspecified atom stereocenters. The van der Waals surface area contributed by atoms with Crippen LogP contribution in [0.4, 0.5) is 0 Å². The molecule has 4 saturated carbocycles. The van der Waals surface area contributed by atoms with Gasteiger partial charge in [-0.3, -0.25) is 0 Å². The lowest BCUT2D eigenvalue weighted by Gasteiger charge is -2.71. The van der Waals surface area contributed by atoms with Crippen LogP contribution >= 0.6 is 0 Å². The van der Waals surface area contributed by atoms with Gasteiger partial charge >= 0.3 is 0 Å². The maximum absolute atomic E-state index is 10.9. The molecule has 5 rings (SSSR count). The number of aliphatic hydroxyl groups is 1. The fourth-order valence-electron chi connectivity index (χ4n) is 10.8. The highest BCUT2D eigenvalue weighted by molar-refractivity contribution is 5.33. The number of hydrogen-bond donors (Lipinski definition) is 1. The number of allylic oxidation sites excluding steroid dienone is 2. The summed E-state index contributed by atoms with van der Waals surface area (Å²) in [6, 6.07) is 0. The van der Waals surface area contributed by atoms with Crippen LogP contribution in [0.25, 0.3) is 0 Å². The van der Waals surface area contributed by atoms with Crippen LogP contribution < -0.4 is 0 Å². The lowest BCUT2D eigenvalue weighted by molar-refractivity contribution is -0.203. The maximum Gasteiger partial charge on any atom is 0.0594 e. The van der Waals surface area contributed by atoms with Gasteiger partial charge in [0.1, 0.15) is 0 Å². The zero-order valence-corrected chi connectivity index (χ0v) is 21.9. The zero-order chi connectivity index (χ0) is 22.6. The molecular weight excluding hydrogens is 376 g/mol. The first kappa shape index (κ1) is 22.5. The van der Waals surface area contributed by atoms with Crippen LogP contribution in [0.3, 0.4) is 0 Å². The molecule has 1 nitrogen and oxygen atoms in total. The zero-order valence-electron chi connectivity index (χ0n) is 21.9. The van der Waals surface area contributed by atoms with Crippen molar-refractivity contribution in [2.75, 3.05) is 0 Å². The topological polar surface area (TPSA) is 20.2 Å². The summed E-state index contributed by atoms with van der Waals surface area (Å²) in [5, 5.41) is 10.9. The molecule has 0 heterocycles. The summed E-state index contributed by atoms with van der Waals surface area (Å²) in [6.45, 7) is 20.5. The summed E-state index contributed by atoms with van der Waals surface area (Å²) in [7, 11) is 0. The van der Waals surface area contributed by atoms with E-state index in [1.807, 2.05) is 5.57 Å². The molecular formula is C30H50O. The van der Waals surface area contributed by atoms with Gasteiger partial charge in [0, 0.05) is 0 Å². The van der Waals surface area contributed by atoms with Crippen molar-refractivity contribution in [1.29, 1.82) is 0 Å². The molecule has 4 fully saturated rings. The first-order chi connectivity index (χ1) is 14.3. The highest BCUT2D eigenvalue weighted by Gasteiger charge is 2.67. The van der Waals surface area contributed by atoms with Gasteiger partial charge in [-0.25, -0.2) is 0 Å². The molecule has 0 spiro atoms. The molecule has 1 heteroatoms. The second-order valence-electron chi connectivity index (χ2n) is 14.7. The Kier molecular flexibility index (Phi) is 4.82. The Morgan fingerprint density at radius 3 is 2.23 bits per heavy atom. The number of aliphatic hydroxyl groups excluding tert-OH is 1. The molecule has 0 aromatic heterocycles. The Morgan fingerprint density at radius 2 is 1.52 bits per heavy atom. The fraction of sp³-hybridized carbons (Fsp3) is 0.933. The van der Waals surface area contributed by atoms with Crippen molar-refractivity contribution in [3.05, 3.63) is 11.6 Å². The molecule has 0 amide bonds. The minimum atomic E-state index is -0.125. The van der Waals surface area contributed by atoms with E-state index in [0.717, 1.165) is 30.1 Å². The van der Waals surface area contributed by atoms with E-state index in [9.17, 15) is 5.11 Å². The van der Waals surface area contributed by atoms with E-state index in [4.69, 9.17) is 0 Å². The molecule has 0 aromatic carbocycles. The molecule has 0 aromatic rings. The SMILES string of the molecule is C[C@H]1[C@H](C)CC[C@]2(C)CC[C@]3(C)C(=CC[C@H]4[C@@]5(C)CC[C@@H](O)C(C)(C)[C@@H]5CC[C@]43C)[C@@H]12. The van der Waals surface area contributed by atoms with Crippen molar-refractivity contribution in [1.82, 2.24) is 0 Å². The third-order valence-corrected chi connectivity index (χ3v) is 13.4. The quantitative estimate of drug-likeness (QED) is 0.389. The molecule has 31 heavy (non-hydrogen) atoms. The van der Waals surface area contributed by atoms with Crippen molar-refractivity contribution in [2.45, 2.75) is 119 Å². The van der Waals surface area contributed by atoms with E-state index in [1.165, 1.54) is 51.4 Å². The fourth-order valence-corrected chi connectivity index (χ4v) is 10.8. The average Bonchev–Trinajstić information content (AvgIpc) is 2.69. The Bertz CT molecular complexity index is 779. The molecule has 10 atom stereocenters. The van der Waals surface area contributed by atoms with Crippen molar-refractivity contribution < 1.29 is 5.11 Å². The average molecular weight is 427 g/mol. The minimum absolute atomic E-state index is 0.0533. The second-order valence-corrected chi connectivity index (χ2v) is 14.7. The lowest BCUT2D eigenvalue weighted by atomic mass is 9.33. The van der Waals surface area contributed by atoms with Crippen LogP contribution in [-0.2, 0) is 0 Å². The van der Waals surface area contributed by atoms with Gasteiger partial charge in [0.2, 0.25) is 0 Å². The van der Waals surface area contributed by atoms with Crippen molar-refractivity contribution in [3.63, 3.8) is 0 Å². The Balaban J connectivity index is 1.59. The number of hydrogen-bond acceptors (Lipinski definition) is 1. The monoisotopic (exact) mass is 426 g/mol. The molecule has 5 aliphatic carbocycles. The lowest BCUT2D eigenvalue weighted by Crippen LogP contribution is -2.64. The summed E-state index contributed by atoms with van der Waals surface area (Å²) in [5.41, 5.74) is 3.60. The Morgan fingerprint density at radius 1 is 0.806 bits per heavy atom. The smallest absolute Gasteiger partial charge is 0.0594 e. The Hall–Kier alpha value is -0.300. The van der Waals surface area contributed by atoms with Gasteiger partial charge < -0.3 is 5.11 Å². The first-order valence-corrected chi connectivity index (χ1v) is 13.7. The van der Waals surface area contributed by atoms with Gasteiger partial charge in [-0.05, 0) is 114 Å². The van der Waals surface area contributed by atoms with Gasteiger partial charge in [-0.2, -0.15) is 0 Å². The summed E-state index contributed by atoms with van der Waals surface area (Å²) < 4.78 is 0. The van der Waals surface area contributed by atoms with Gasteiger partial charge in [-0.15, -0.1) is 0 Å². The molecule has 5 aliphatic rings. The van der Waals surface area contributed by atoms with Crippen LogP contribution in [0, 0.1) is 56.7 Å². The van der Waals surface area contributed by atoms with Crippen molar-refractivity contribution in [2.24, 2.45) is 56.7 Å². The van der Waals surface area contributed by atoms with E-state index in [2.05, 4.69) is 61.5 Å². The van der Waals surface area contributed by atoms with Gasteiger partial charge in [0.15, 0.2) is 0 Å². The second kappa shape index (κ2) is 6.64. The third-order valence-electron chi connectivity index (χ3n) is 13.4. The molecule has 0 bridgehead atoms. The summed E-state index contributed by atoms with van der Waals surface area (Å²) in [4.78, 5) is 0. The van der Waals surface area contributed by atoms with Crippen molar-refractivity contribution >= 4 is 0 Å². The predicted molar refractivity (Wildman–Crippen MR) is 131 cm³/mol. The maximum atomic E-state index is 10.9. The minimum Gasteiger partial charge on any atom is -0.393 e. The standard InChI is InChI=1S/C30H50O/c1-19-11-14-27(5)17-18-29(7)21(25(27)20(19)2)9-10-23-28(6)15-13-24(31)26(3,4)22(28)12-16-30(23,29)8/h9,19-20,22-25,31H,10-18H2,1-8H3/t19-,20+,22+,23+,24-,25-,27-,28+,29-,30-/m1/s1. The molecule has 0 saturated heterocycles. The van der Waals surface area contributed by atoms with Crippen LogP contribution in [0.2, 0.25) is 0 Å². The summed E-state index contributed by atoms with van der Waals surface area (Å²) in [5.74, 6) is 3.90. The van der Waals surface area contributed by atoms with E-state index >= 15 is 0 Å². The highest BCUT2D eigenvalue weighted by atomic mass is 16.3. The van der Waals surface area contributed by atoms with Crippen LogP contribution in [0.15, 0.2) is 11.6 Å². The van der Waals surface area contributed by atoms with E-state index in [-0.39, 0.29) is 11.5 Å². The summed E-state index contributed by atoms with van der Waals surface area (Å²) >= 11 is 0.